The largest absolute Gasteiger partial charge is 0.312 e. The third-order valence-corrected chi connectivity index (χ3v) is 7.87. The van der Waals surface area contributed by atoms with Gasteiger partial charge in [0, 0.05) is 44.3 Å². The summed E-state index contributed by atoms with van der Waals surface area (Å²) in [6, 6.07) is 6.12. The van der Waals surface area contributed by atoms with Gasteiger partial charge in [-0.1, -0.05) is 0 Å². The van der Waals surface area contributed by atoms with Crippen molar-refractivity contribution in [1.29, 1.82) is 0 Å². The lowest BCUT2D eigenvalue weighted by Crippen LogP contribution is -2.48. The number of rotatable bonds is 3. The lowest BCUT2D eigenvalue weighted by atomic mass is 10.0. The van der Waals surface area contributed by atoms with Crippen molar-refractivity contribution in [1.82, 2.24) is 9.62 Å². The van der Waals surface area contributed by atoms with E-state index in [1.54, 1.807) is 41.4 Å². The van der Waals surface area contributed by atoms with Crippen molar-refractivity contribution in [2.24, 2.45) is 0 Å². The molecular formula is C18H25N3O3S. The molecule has 0 aromatic heterocycles. The number of benzene rings is 1. The molecule has 0 aliphatic carbocycles. The number of amides is 1. The van der Waals surface area contributed by atoms with Crippen LogP contribution in [0.4, 0.5) is 5.69 Å². The highest BCUT2D eigenvalue weighted by molar-refractivity contribution is 7.89. The molecule has 2 saturated heterocycles. The second kappa shape index (κ2) is 6.07. The Morgan fingerprint density at radius 2 is 1.92 bits per heavy atom. The maximum Gasteiger partial charge on any atom is 0.243 e. The summed E-state index contributed by atoms with van der Waals surface area (Å²) < 4.78 is 27.8. The predicted octanol–water partition coefficient (Wildman–Crippen LogP) is 1.50. The van der Waals surface area contributed by atoms with Gasteiger partial charge in [-0.3, -0.25) is 4.79 Å². The third kappa shape index (κ3) is 2.88. The molecule has 7 heteroatoms. The summed E-state index contributed by atoms with van der Waals surface area (Å²) in [6.45, 7) is 2.17. The van der Waals surface area contributed by atoms with Crippen LogP contribution in [0.15, 0.2) is 23.1 Å². The molecule has 2 unspecified atom stereocenters. The van der Waals surface area contributed by atoms with Crippen LogP contribution in [0.5, 0.6) is 0 Å². The fraction of sp³-hybridized carbons (Fsp3) is 0.611. The topological polar surface area (TPSA) is 69.7 Å². The number of nitrogens with zero attached hydrogens (tertiary/aromatic N) is 2. The van der Waals surface area contributed by atoms with Crippen LogP contribution >= 0.6 is 0 Å². The first-order chi connectivity index (χ1) is 11.9. The Labute approximate surface area is 149 Å². The average molecular weight is 363 g/mol. The molecule has 3 aliphatic heterocycles. The van der Waals surface area contributed by atoms with Crippen LogP contribution in [-0.2, 0) is 21.2 Å². The summed E-state index contributed by atoms with van der Waals surface area (Å²) in [5.74, 6) is -0.00310. The molecule has 1 aromatic carbocycles. The van der Waals surface area contributed by atoms with E-state index in [0.29, 0.717) is 29.9 Å². The smallest absolute Gasteiger partial charge is 0.243 e. The van der Waals surface area contributed by atoms with Crippen LogP contribution in [0.25, 0.3) is 0 Å². The highest BCUT2D eigenvalue weighted by atomic mass is 32.2. The maximum atomic E-state index is 13.1. The minimum Gasteiger partial charge on any atom is -0.312 e. The second-order valence-corrected chi connectivity index (χ2v) is 9.49. The highest BCUT2D eigenvalue weighted by Crippen LogP contribution is 2.34. The Balaban J connectivity index is 1.59. The van der Waals surface area contributed by atoms with Gasteiger partial charge in [-0.05, 0) is 55.9 Å². The molecule has 0 saturated carbocycles. The van der Waals surface area contributed by atoms with Crippen molar-refractivity contribution in [2.75, 3.05) is 18.5 Å². The molecule has 3 heterocycles. The number of fused-ring (bicyclic) bond motifs is 3. The molecule has 136 valence electrons. The van der Waals surface area contributed by atoms with Crippen molar-refractivity contribution >= 4 is 21.6 Å². The van der Waals surface area contributed by atoms with Crippen molar-refractivity contribution in [3.63, 3.8) is 0 Å². The number of piperidine rings is 1. The van der Waals surface area contributed by atoms with Crippen molar-refractivity contribution < 1.29 is 13.2 Å². The molecule has 4 rings (SSSR count). The van der Waals surface area contributed by atoms with Gasteiger partial charge in [0.15, 0.2) is 0 Å². The summed E-state index contributed by atoms with van der Waals surface area (Å²) in [5.41, 5.74) is 1.78. The lowest BCUT2D eigenvalue weighted by Gasteiger charge is -2.34. The first kappa shape index (κ1) is 17.0. The fourth-order valence-corrected chi connectivity index (χ4v) is 5.98. The van der Waals surface area contributed by atoms with Gasteiger partial charge < -0.3 is 10.2 Å². The Morgan fingerprint density at radius 3 is 2.56 bits per heavy atom. The number of hydrogen-bond acceptors (Lipinski definition) is 4. The van der Waals surface area contributed by atoms with E-state index in [4.69, 9.17) is 0 Å². The van der Waals surface area contributed by atoms with Crippen LogP contribution in [-0.4, -0.2) is 50.3 Å². The van der Waals surface area contributed by atoms with E-state index in [1.807, 2.05) is 0 Å². The minimum absolute atomic E-state index is 0.00310. The fourth-order valence-electron chi connectivity index (χ4n) is 4.55. The molecule has 1 amide bonds. The van der Waals surface area contributed by atoms with Crippen LogP contribution in [0.3, 0.4) is 0 Å². The molecule has 0 spiro atoms. The van der Waals surface area contributed by atoms with E-state index in [2.05, 4.69) is 5.32 Å². The van der Waals surface area contributed by atoms with Gasteiger partial charge in [0.1, 0.15) is 0 Å². The quantitative estimate of drug-likeness (QED) is 0.884. The van der Waals surface area contributed by atoms with Crippen LogP contribution in [0.2, 0.25) is 0 Å². The summed E-state index contributed by atoms with van der Waals surface area (Å²) in [5, 5.41) is 3.56. The van der Waals surface area contributed by atoms with Crippen molar-refractivity contribution in [3.8, 4) is 0 Å². The van der Waals surface area contributed by atoms with Gasteiger partial charge in [0.25, 0.3) is 0 Å². The zero-order chi connectivity index (χ0) is 17.8. The zero-order valence-electron chi connectivity index (χ0n) is 14.7. The molecule has 3 aliphatic rings. The van der Waals surface area contributed by atoms with E-state index < -0.39 is 10.0 Å². The van der Waals surface area contributed by atoms with Gasteiger partial charge in [-0.2, -0.15) is 4.31 Å². The Kier molecular flexibility index (Phi) is 4.13. The van der Waals surface area contributed by atoms with Crippen molar-refractivity contribution in [3.05, 3.63) is 23.8 Å². The zero-order valence-corrected chi connectivity index (χ0v) is 15.6. The lowest BCUT2D eigenvalue weighted by molar-refractivity contribution is -0.116. The predicted molar refractivity (Wildman–Crippen MR) is 96.1 cm³/mol. The normalized spacial score (nSPS) is 28.4. The summed E-state index contributed by atoms with van der Waals surface area (Å²) in [4.78, 5) is 13.7. The minimum atomic E-state index is -3.51. The number of sulfonamides is 1. The van der Waals surface area contributed by atoms with Crippen LogP contribution < -0.4 is 10.2 Å². The molecule has 2 bridgehead atoms. The number of carbonyl (C=O) groups excluding carboxylic acids is 1. The first-order valence-corrected chi connectivity index (χ1v) is 10.5. The van der Waals surface area contributed by atoms with Gasteiger partial charge in [-0.15, -0.1) is 0 Å². The van der Waals surface area contributed by atoms with E-state index in [1.165, 1.54) is 0 Å². The van der Waals surface area contributed by atoms with Gasteiger partial charge in [-0.25, -0.2) is 8.42 Å². The van der Waals surface area contributed by atoms with E-state index in [0.717, 1.165) is 36.9 Å². The average Bonchev–Trinajstić information content (AvgIpc) is 3.16. The number of hydrogen-bond donors (Lipinski definition) is 1. The number of carbonyl (C=O) groups is 1. The highest BCUT2D eigenvalue weighted by Gasteiger charge is 2.39. The summed E-state index contributed by atoms with van der Waals surface area (Å²) in [6.07, 6.45) is 4.77. The first-order valence-electron chi connectivity index (χ1n) is 9.01. The molecule has 1 N–H and O–H groups in total. The second-order valence-electron chi connectivity index (χ2n) is 7.50. The standard InChI is InChI=1S/C18H25N3O3S/c1-12(22)21-8-7-13-9-17(5-6-18(13)21)25(23,24)20(2)16-10-14-3-4-15(11-16)19-14/h5-6,9,14-16,19H,3-4,7-8,10-11H2,1-2H3. The van der Waals surface area contributed by atoms with E-state index in [-0.39, 0.29) is 11.9 Å². The molecule has 6 nitrogen and oxygen atoms in total. The SMILES string of the molecule is CC(=O)N1CCc2cc(S(=O)(=O)N(C)C3CC4CCC(C3)N4)ccc21. The Hall–Kier alpha value is -1.44. The molecule has 0 radical (unpaired) electrons. The number of anilines is 1. The van der Waals surface area contributed by atoms with Gasteiger partial charge in [0.2, 0.25) is 15.9 Å². The monoisotopic (exact) mass is 363 g/mol. The van der Waals surface area contributed by atoms with Gasteiger partial charge >= 0.3 is 0 Å². The summed E-state index contributed by atoms with van der Waals surface area (Å²) >= 11 is 0. The van der Waals surface area contributed by atoms with E-state index in [9.17, 15) is 13.2 Å². The molecule has 2 fully saturated rings. The molecule has 2 atom stereocenters. The van der Waals surface area contributed by atoms with Crippen LogP contribution in [0, 0.1) is 0 Å². The molecule has 1 aromatic rings. The number of nitrogens with one attached hydrogen (secondary N) is 1. The Morgan fingerprint density at radius 1 is 1.24 bits per heavy atom. The van der Waals surface area contributed by atoms with Crippen LogP contribution in [0.1, 0.15) is 38.2 Å². The van der Waals surface area contributed by atoms with Crippen molar-refractivity contribution in [2.45, 2.75) is 62.0 Å². The third-order valence-electron chi connectivity index (χ3n) is 5.97. The maximum absolute atomic E-state index is 13.1. The Bertz CT molecular complexity index is 796. The summed E-state index contributed by atoms with van der Waals surface area (Å²) in [7, 11) is -1.81. The molecule has 25 heavy (non-hydrogen) atoms. The van der Waals surface area contributed by atoms with E-state index >= 15 is 0 Å². The van der Waals surface area contributed by atoms with Gasteiger partial charge in [0.05, 0.1) is 4.90 Å². The molecular weight excluding hydrogens is 338 g/mol.